The zero-order valence-corrected chi connectivity index (χ0v) is 10.6. The van der Waals surface area contributed by atoms with E-state index >= 15 is 0 Å². The number of nitrogen functional groups attached to an aromatic ring is 1. The van der Waals surface area contributed by atoms with Crippen LogP contribution >= 0.6 is 0 Å². The van der Waals surface area contributed by atoms with Gasteiger partial charge in [-0.15, -0.1) is 0 Å². The third-order valence-corrected chi connectivity index (χ3v) is 3.21. The topological polar surface area (TPSA) is 70.5 Å². The Bertz CT molecular complexity index is 782. The van der Waals surface area contributed by atoms with Gasteiger partial charge < -0.3 is 19.6 Å². The molecule has 1 aliphatic rings. The van der Waals surface area contributed by atoms with Crippen LogP contribution in [0.4, 0.5) is 5.69 Å². The van der Waals surface area contributed by atoms with E-state index in [1.54, 1.807) is 18.2 Å². The van der Waals surface area contributed by atoms with Gasteiger partial charge in [-0.1, -0.05) is 12.1 Å². The van der Waals surface area contributed by atoms with Crippen LogP contribution < -0.4 is 15.2 Å². The second-order valence-corrected chi connectivity index (χ2v) is 4.64. The minimum absolute atomic E-state index is 0.349. The van der Waals surface area contributed by atoms with E-state index in [1.165, 1.54) is 0 Å². The molecule has 0 saturated heterocycles. The molecule has 4 rings (SSSR count). The molecule has 3 aromatic rings. The van der Waals surface area contributed by atoms with E-state index in [4.69, 9.17) is 19.6 Å². The molecule has 1 aliphatic heterocycles. The van der Waals surface area contributed by atoms with Crippen molar-refractivity contribution in [2.75, 3.05) is 12.3 Å². The molecule has 20 heavy (non-hydrogen) atoms. The maximum atomic E-state index is 5.87. The van der Waals surface area contributed by atoms with Gasteiger partial charge in [-0.3, -0.25) is 0 Å². The number of aromatic nitrogens is 1. The van der Waals surface area contributed by atoms with E-state index in [9.17, 15) is 0 Å². The van der Waals surface area contributed by atoms with E-state index in [0.29, 0.717) is 29.5 Å². The number of fused-ring (bicyclic) bond motifs is 2. The summed E-state index contributed by atoms with van der Waals surface area (Å²) in [7, 11) is 0. The van der Waals surface area contributed by atoms with E-state index < -0.39 is 0 Å². The van der Waals surface area contributed by atoms with Crippen LogP contribution in [0.15, 0.2) is 46.9 Å². The molecule has 0 radical (unpaired) electrons. The third kappa shape index (κ3) is 1.75. The van der Waals surface area contributed by atoms with E-state index in [0.717, 1.165) is 11.3 Å². The molecule has 100 valence electrons. The maximum Gasteiger partial charge on any atom is 0.240 e. The molecule has 5 heteroatoms. The summed E-state index contributed by atoms with van der Waals surface area (Å²) in [6, 6.07) is 12.9. The molecule has 0 amide bonds. The number of nitrogens with zero attached hydrogens (tertiary/aromatic N) is 1. The normalized spacial score (nSPS) is 17.3. The van der Waals surface area contributed by atoms with Gasteiger partial charge in [0.2, 0.25) is 12.0 Å². The quantitative estimate of drug-likeness (QED) is 0.687. The minimum Gasteiger partial charge on any atom is -0.485 e. The highest BCUT2D eigenvalue weighted by Crippen LogP contribution is 2.36. The molecule has 2 N–H and O–H groups in total. The summed E-state index contributed by atoms with van der Waals surface area (Å²) in [4.78, 5) is 4.42. The molecule has 2 heterocycles. The van der Waals surface area contributed by atoms with Gasteiger partial charge in [0.05, 0.1) is 0 Å². The van der Waals surface area contributed by atoms with Crippen molar-refractivity contribution in [3.8, 4) is 11.5 Å². The molecule has 0 saturated carbocycles. The van der Waals surface area contributed by atoms with Gasteiger partial charge in [-0.2, -0.15) is 0 Å². The van der Waals surface area contributed by atoms with Crippen molar-refractivity contribution >= 4 is 16.8 Å². The zero-order valence-electron chi connectivity index (χ0n) is 10.6. The van der Waals surface area contributed by atoms with Crippen LogP contribution in [-0.4, -0.2) is 11.6 Å². The smallest absolute Gasteiger partial charge is 0.240 e. The first-order valence-electron chi connectivity index (χ1n) is 6.34. The van der Waals surface area contributed by atoms with Crippen molar-refractivity contribution in [3.05, 3.63) is 48.4 Å². The standard InChI is InChI=1S/C15H12N2O3/c16-9-5-6-11-10(7-9)17-15(20-11)14-8-18-12-3-1-2-4-13(12)19-14/h1-7,14H,8,16H2. The third-order valence-electron chi connectivity index (χ3n) is 3.21. The summed E-state index contributed by atoms with van der Waals surface area (Å²) in [5.41, 5.74) is 7.81. The number of oxazole rings is 1. The lowest BCUT2D eigenvalue weighted by atomic mass is 10.2. The summed E-state index contributed by atoms with van der Waals surface area (Å²) >= 11 is 0. The van der Waals surface area contributed by atoms with Gasteiger partial charge in [-0.25, -0.2) is 4.98 Å². The predicted octanol–water partition coefficient (Wildman–Crippen LogP) is 2.92. The van der Waals surface area contributed by atoms with Crippen LogP contribution in [0.5, 0.6) is 11.5 Å². The first-order chi connectivity index (χ1) is 9.79. The summed E-state index contributed by atoms with van der Waals surface area (Å²) in [5.74, 6) is 1.94. The summed E-state index contributed by atoms with van der Waals surface area (Å²) < 4.78 is 17.2. The first kappa shape index (κ1) is 11.2. The van der Waals surface area contributed by atoms with Gasteiger partial charge in [0.1, 0.15) is 12.1 Å². The number of nitrogens with two attached hydrogens (primary N) is 1. The molecule has 2 aromatic carbocycles. The largest absolute Gasteiger partial charge is 0.485 e. The number of benzene rings is 2. The summed E-state index contributed by atoms with van der Waals surface area (Å²) in [6.45, 7) is 0.374. The van der Waals surface area contributed by atoms with Gasteiger partial charge in [-0.05, 0) is 30.3 Å². The highest BCUT2D eigenvalue weighted by Gasteiger charge is 2.26. The van der Waals surface area contributed by atoms with E-state index in [1.807, 2.05) is 24.3 Å². The molecule has 0 fully saturated rings. The van der Waals surface area contributed by atoms with Crippen LogP contribution in [0, 0.1) is 0 Å². The number of rotatable bonds is 1. The molecule has 0 spiro atoms. The maximum absolute atomic E-state index is 5.87. The fraction of sp³-hybridized carbons (Fsp3) is 0.133. The average Bonchev–Trinajstić information content (AvgIpc) is 2.89. The number of hydrogen-bond acceptors (Lipinski definition) is 5. The number of para-hydroxylation sites is 2. The Morgan fingerprint density at radius 2 is 1.95 bits per heavy atom. The van der Waals surface area contributed by atoms with Crippen LogP contribution in [0.3, 0.4) is 0 Å². The average molecular weight is 268 g/mol. The second-order valence-electron chi connectivity index (χ2n) is 4.64. The Morgan fingerprint density at radius 3 is 2.85 bits per heavy atom. The van der Waals surface area contributed by atoms with Crippen molar-refractivity contribution in [2.45, 2.75) is 6.10 Å². The van der Waals surface area contributed by atoms with Crippen LogP contribution in [0.1, 0.15) is 12.0 Å². The van der Waals surface area contributed by atoms with Crippen LogP contribution in [-0.2, 0) is 0 Å². The van der Waals surface area contributed by atoms with Crippen molar-refractivity contribution in [2.24, 2.45) is 0 Å². The predicted molar refractivity (Wildman–Crippen MR) is 73.7 cm³/mol. The minimum atomic E-state index is -0.349. The molecule has 1 atom stereocenters. The van der Waals surface area contributed by atoms with Gasteiger partial charge >= 0.3 is 0 Å². The van der Waals surface area contributed by atoms with E-state index in [-0.39, 0.29) is 6.10 Å². The van der Waals surface area contributed by atoms with Gasteiger partial charge in [0.15, 0.2) is 17.1 Å². The number of ether oxygens (including phenoxy) is 2. The Hall–Kier alpha value is -2.69. The second kappa shape index (κ2) is 4.16. The lowest BCUT2D eigenvalue weighted by Gasteiger charge is -2.24. The van der Waals surface area contributed by atoms with E-state index in [2.05, 4.69) is 4.98 Å². The molecule has 0 bridgehead atoms. The zero-order chi connectivity index (χ0) is 13.5. The molecular weight excluding hydrogens is 256 g/mol. The SMILES string of the molecule is Nc1ccc2oc(C3COc4ccccc4O3)nc2c1. The van der Waals surface area contributed by atoms with Gasteiger partial charge in [0.25, 0.3) is 0 Å². The molecular formula is C15H12N2O3. The van der Waals surface area contributed by atoms with Crippen molar-refractivity contribution < 1.29 is 13.9 Å². The highest BCUT2D eigenvalue weighted by atomic mass is 16.6. The number of hydrogen-bond donors (Lipinski definition) is 1. The van der Waals surface area contributed by atoms with Crippen LogP contribution in [0.2, 0.25) is 0 Å². The lowest BCUT2D eigenvalue weighted by molar-refractivity contribution is 0.0726. The fourth-order valence-corrected chi connectivity index (χ4v) is 2.24. The highest BCUT2D eigenvalue weighted by molar-refractivity contribution is 5.76. The Balaban J connectivity index is 1.70. The van der Waals surface area contributed by atoms with Gasteiger partial charge in [0, 0.05) is 5.69 Å². The summed E-state index contributed by atoms with van der Waals surface area (Å²) in [6.07, 6.45) is -0.349. The monoisotopic (exact) mass is 268 g/mol. The molecule has 1 aromatic heterocycles. The van der Waals surface area contributed by atoms with Crippen molar-refractivity contribution in [1.29, 1.82) is 0 Å². The Morgan fingerprint density at radius 1 is 1.10 bits per heavy atom. The fourth-order valence-electron chi connectivity index (χ4n) is 2.24. The van der Waals surface area contributed by atoms with Crippen molar-refractivity contribution in [1.82, 2.24) is 4.98 Å². The van der Waals surface area contributed by atoms with Crippen LogP contribution in [0.25, 0.3) is 11.1 Å². The molecule has 5 nitrogen and oxygen atoms in total. The molecule has 1 unspecified atom stereocenters. The first-order valence-corrected chi connectivity index (χ1v) is 6.34. The lowest BCUT2D eigenvalue weighted by Crippen LogP contribution is -2.21. The molecule has 0 aliphatic carbocycles. The van der Waals surface area contributed by atoms with Crippen molar-refractivity contribution in [3.63, 3.8) is 0 Å². The number of anilines is 1. The Kier molecular flexibility index (Phi) is 2.32. The summed E-state index contributed by atoms with van der Waals surface area (Å²) in [5, 5.41) is 0. The Labute approximate surface area is 114 Å².